The molecule has 0 atom stereocenters. The highest BCUT2D eigenvalue weighted by atomic mass is 16.6. The minimum Gasteiger partial charge on any atom is -0.489 e. The topological polar surface area (TPSA) is 126 Å². The number of ether oxygens (including phenoxy) is 3. The monoisotopic (exact) mass is 565 g/mol. The first-order chi connectivity index (χ1) is 20.5. The molecule has 212 valence electrons. The summed E-state index contributed by atoms with van der Waals surface area (Å²) in [6.07, 6.45) is 0. The van der Waals surface area contributed by atoms with Crippen molar-refractivity contribution >= 4 is 11.6 Å². The van der Waals surface area contributed by atoms with Gasteiger partial charge in [-0.1, -0.05) is 65.8 Å². The molecule has 5 aromatic rings. The number of hydrogen-bond donors (Lipinski definition) is 1. The molecule has 0 bridgehead atoms. The lowest BCUT2D eigenvalue weighted by Gasteiger charge is -2.17. The number of non-ortho nitro benzene ring substituents is 1. The number of carbonyl (C=O) groups is 1. The molecule has 1 N–H and O–H groups in total. The van der Waals surface area contributed by atoms with Gasteiger partial charge in [-0.25, -0.2) is 0 Å². The molecule has 1 aromatic heterocycles. The fourth-order valence-corrected chi connectivity index (χ4v) is 4.08. The molecule has 0 spiro atoms. The van der Waals surface area contributed by atoms with Crippen molar-refractivity contribution in [2.45, 2.75) is 20.1 Å². The Morgan fingerprint density at radius 2 is 1.45 bits per heavy atom. The van der Waals surface area contributed by atoms with E-state index in [1.54, 1.807) is 19.1 Å². The van der Waals surface area contributed by atoms with Gasteiger partial charge in [-0.05, 0) is 30.2 Å². The maximum Gasteiger partial charge on any atom is 0.273 e. The maximum atomic E-state index is 12.5. The van der Waals surface area contributed by atoms with Crippen LogP contribution in [0.25, 0.3) is 11.3 Å². The first kappa shape index (κ1) is 27.9. The van der Waals surface area contributed by atoms with Gasteiger partial charge in [-0.2, -0.15) is 0 Å². The van der Waals surface area contributed by atoms with E-state index in [-0.39, 0.29) is 35.4 Å². The molecule has 0 fully saturated rings. The number of nitrogens with one attached hydrogen (secondary N) is 1. The van der Waals surface area contributed by atoms with E-state index in [0.717, 1.165) is 11.1 Å². The second kappa shape index (κ2) is 13.1. The molecular formula is C32H27N3O7. The molecule has 1 heterocycles. The SMILES string of the molecule is CCNC(=O)c1cc(-c2c(OCc3ccccc3)cc(OCc3ccccc3)cc2Oc2ccc([N+](=O)[O-])cc2)on1. The van der Waals surface area contributed by atoms with E-state index >= 15 is 0 Å². The summed E-state index contributed by atoms with van der Waals surface area (Å²) < 4.78 is 24.2. The number of rotatable bonds is 12. The third-order valence-electron chi connectivity index (χ3n) is 6.13. The summed E-state index contributed by atoms with van der Waals surface area (Å²) in [4.78, 5) is 23.1. The minimum atomic E-state index is -0.486. The summed E-state index contributed by atoms with van der Waals surface area (Å²) in [5.74, 6) is 1.26. The summed E-state index contributed by atoms with van der Waals surface area (Å²) in [6, 6.07) is 29.9. The highest BCUT2D eigenvalue weighted by Crippen LogP contribution is 2.44. The molecule has 5 rings (SSSR count). The number of nitro benzene ring substituents is 1. The van der Waals surface area contributed by atoms with Crippen LogP contribution in [0, 0.1) is 10.1 Å². The van der Waals surface area contributed by atoms with Crippen molar-refractivity contribution in [3.8, 4) is 34.3 Å². The van der Waals surface area contributed by atoms with Gasteiger partial charge < -0.3 is 24.1 Å². The van der Waals surface area contributed by atoms with Crippen LogP contribution in [0.2, 0.25) is 0 Å². The van der Waals surface area contributed by atoms with Crippen LogP contribution >= 0.6 is 0 Å². The highest BCUT2D eigenvalue weighted by Gasteiger charge is 2.23. The van der Waals surface area contributed by atoms with E-state index in [9.17, 15) is 14.9 Å². The van der Waals surface area contributed by atoms with Crippen molar-refractivity contribution in [2.24, 2.45) is 0 Å². The molecule has 0 aliphatic carbocycles. The van der Waals surface area contributed by atoms with E-state index in [1.165, 1.54) is 30.3 Å². The third-order valence-corrected chi connectivity index (χ3v) is 6.13. The standard InChI is InChI=1S/C32H27N3O7/c1-2-33-32(36)27-19-30(42-34-27)31-28(40-21-23-11-7-4-8-12-23)17-26(39-20-22-9-5-3-6-10-22)18-29(31)41-25-15-13-24(14-16-25)35(37)38/h3-19H,2,20-21H2,1H3,(H,33,36). The Hall–Kier alpha value is -5.64. The Morgan fingerprint density at radius 3 is 2.07 bits per heavy atom. The number of amides is 1. The smallest absolute Gasteiger partial charge is 0.273 e. The average Bonchev–Trinajstić information content (AvgIpc) is 3.50. The Morgan fingerprint density at radius 1 is 0.833 bits per heavy atom. The summed E-state index contributed by atoms with van der Waals surface area (Å²) in [5.41, 5.74) is 2.30. The Balaban J connectivity index is 1.58. The van der Waals surface area contributed by atoms with Crippen LogP contribution in [-0.4, -0.2) is 22.5 Å². The fourth-order valence-electron chi connectivity index (χ4n) is 4.08. The molecule has 1 amide bonds. The molecule has 0 unspecified atom stereocenters. The van der Waals surface area contributed by atoms with E-state index < -0.39 is 4.92 Å². The van der Waals surface area contributed by atoms with Crippen LogP contribution in [0.5, 0.6) is 23.0 Å². The zero-order valence-corrected chi connectivity index (χ0v) is 22.7. The van der Waals surface area contributed by atoms with Gasteiger partial charge in [-0.3, -0.25) is 14.9 Å². The van der Waals surface area contributed by atoms with Gasteiger partial charge in [0.05, 0.1) is 4.92 Å². The maximum absolute atomic E-state index is 12.5. The number of nitrogens with zero attached hydrogens (tertiary/aromatic N) is 2. The summed E-state index contributed by atoms with van der Waals surface area (Å²) in [6.45, 7) is 2.75. The molecule has 10 nitrogen and oxygen atoms in total. The predicted molar refractivity (Wildman–Crippen MR) is 155 cm³/mol. The summed E-state index contributed by atoms with van der Waals surface area (Å²) >= 11 is 0. The average molecular weight is 566 g/mol. The lowest BCUT2D eigenvalue weighted by atomic mass is 10.1. The number of hydrogen-bond acceptors (Lipinski definition) is 8. The second-order valence-electron chi connectivity index (χ2n) is 9.13. The Bertz CT molecular complexity index is 1650. The van der Waals surface area contributed by atoms with Crippen molar-refractivity contribution in [3.63, 3.8) is 0 Å². The number of benzene rings is 4. The predicted octanol–water partition coefficient (Wildman–Crippen LogP) is 6.95. The van der Waals surface area contributed by atoms with Gasteiger partial charge in [-0.15, -0.1) is 0 Å². The van der Waals surface area contributed by atoms with Gasteiger partial charge in [0.25, 0.3) is 11.6 Å². The van der Waals surface area contributed by atoms with Crippen LogP contribution in [0.3, 0.4) is 0 Å². The first-order valence-corrected chi connectivity index (χ1v) is 13.2. The fraction of sp³-hybridized carbons (Fsp3) is 0.125. The molecule has 4 aromatic carbocycles. The lowest BCUT2D eigenvalue weighted by Crippen LogP contribution is -2.22. The second-order valence-corrected chi connectivity index (χ2v) is 9.13. The molecule has 0 saturated heterocycles. The summed E-state index contributed by atoms with van der Waals surface area (Å²) in [7, 11) is 0. The van der Waals surface area contributed by atoms with E-state index in [2.05, 4.69) is 10.5 Å². The minimum absolute atomic E-state index is 0.0729. The van der Waals surface area contributed by atoms with Gasteiger partial charge >= 0.3 is 0 Å². The number of aromatic nitrogens is 1. The van der Waals surface area contributed by atoms with Crippen LogP contribution in [0.4, 0.5) is 5.69 Å². The van der Waals surface area contributed by atoms with Gasteiger partial charge in [0.15, 0.2) is 11.5 Å². The molecule has 42 heavy (non-hydrogen) atoms. The van der Waals surface area contributed by atoms with Gasteiger partial charge in [0.2, 0.25) is 0 Å². The van der Waals surface area contributed by atoms with Crippen LogP contribution in [0.1, 0.15) is 28.5 Å². The van der Waals surface area contributed by atoms with E-state index in [4.69, 9.17) is 18.7 Å². The molecule has 10 heteroatoms. The molecule has 0 aliphatic heterocycles. The third kappa shape index (κ3) is 6.92. The molecule has 0 radical (unpaired) electrons. The Labute approximate surface area is 241 Å². The molecule has 0 aliphatic rings. The van der Waals surface area contributed by atoms with Crippen molar-refractivity contribution in [3.05, 3.63) is 130 Å². The van der Waals surface area contributed by atoms with Crippen molar-refractivity contribution in [2.75, 3.05) is 6.54 Å². The zero-order valence-electron chi connectivity index (χ0n) is 22.7. The Kier molecular flexibility index (Phi) is 8.73. The van der Waals surface area contributed by atoms with Gasteiger partial charge in [0.1, 0.15) is 41.8 Å². The summed E-state index contributed by atoms with van der Waals surface area (Å²) in [5, 5.41) is 17.8. The molecular weight excluding hydrogens is 538 g/mol. The van der Waals surface area contributed by atoms with Gasteiger partial charge in [0, 0.05) is 36.9 Å². The zero-order chi connectivity index (χ0) is 29.3. The lowest BCUT2D eigenvalue weighted by molar-refractivity contribution is -0.384. The molecule has 0 saturated carbocycles. The van der Waals surface area contributed by atoms with Crippen LogP contribution in [0.15, 0.2) is 108 Å². The normalized spacial score (nSPS) is 10.6. The van der Waals surface area contributed by atoms with Crippen LogP contribution in [-0.2, 0) is 13.2 Å². The first-order valence-electron chi connectivity index (χ1n) is 13.2. The van der Waals surface area contributed by atoms with Crippen molar-refractivity contribution in [1.29, 1.82) is 0 Å². The quantitative estimate of drug-likeness (QED) is 0.127. The number of nitro groups is 1. The number of carbonyl (C=O) groups excluding carboxylic acids is 1. The van der Waals surface area contributed by atoms with Crippen molar-refractivity contribution in [1.82, 2.24) is 10.5 Å². The van der Waals surface area contributed by atoms with E-state index in [1.807, 2.05) is 60.7 Å². The highest BCUT2D eigenvalue weighted by molar-refractivity contribution is 5.93. The van der Waals surface area contributed by atoms with Crippen molar-refractivity contribution < 1.29 is 28.5 Å². The largest absolute Gasteiger partial charge is 0.489 e. The van der Waals surface area contributed by atoms with E-state index in [0.29, 0.717) is 36.0 Å². The van der Waals surface area contributed by atoms with Crippen LogP contribution < -0.4 is 19.5 Å².